The summed E-state index contributed by atoms with van der Waals surface area (Å²) in [5.41, 5.74) is 0. The van der Waals surface area contributed by atoms with Crippen molar-refractivity contribution >= 4 is 21.7 Å². The third-order valence-corrected chi connectivity index (χ3v) is 8.11. The van der Waals surface area contributed by atoms with E-state index in [2.05, 4.69) is 13.8 Å². The highest BCUT2D eigenvalue weighted by Gasteiger charge is 2.31. The van der Waals surface area contributed by atoms with Crippen molar-refractivity contribution in [1.82, 2.24) is 0 Å². The Morgan fingerprint density at radius 3 is 1.28 bits per heavy atom. The monoisotopic (exact) mass is 574 g/mol. The SMILES string of the molecule is CCCCCCCCCCCCCC(=O)CC(C(=O)CCCCCCCCCCCCC)C(O)OS(C)(=O)=O. The zero-order chi connectivity index (χ0) is 29.2. The topological polar surface area (TPSA) is 97.7 Å². The van der Waals surface area contributed by atoms with Gasteiger partial charge in [-0.1, -0.05) is 142 Å². The van der Waals surface area contributed by atoms with Crippen LogP contribution in [0.1, 0.15) is 174 Å². The van der Waals surface area contributed by atoms with Crippen molar-refractivity contribution in [2.45, 2.75) is 181 Å². The minimum atomic E-state index is -3.94. The highest BCUT2D eigenvalue weighted by Crippen LogP contribution is 2.21. The Morgan fingerprint density at radius 1 is 0.590 bits per heavy atom. The number of ketones is 2. The fourth-order valence-corrected chi connectivity index (χ4v) is 5.59. The average Bonchev–Trinajstić information content (AvgIpc) is 2.87. The van der Waals surface area contributed by atoms with Crippen molar-refractivity contribution in [3.8, 4) is 0 Å². The van der Waals surface area contributed by atoms with E-state index in [9.17, 15) is 23.1 Å². The Morgan fingerprint density at radius 2 is 0.923 bits per heavy atom. The number of carbonyl (C=O) groups excluding carboxylic acids is 2. The normalized spacial score (nSPS) is 13.4. The molecule has 7 heteroatoms. The first-order valence-corrected chi connectivity index (χ1v) is 18.1. The molecule has 0 aromatic heterocycles. The third-order valence-electron chi connectivity index (χ3n) is 7.56. The Hall–Kier alpha value is -0.790. The molecule has 232 valence electrons. The quantitative estimate of drug-likeness (QED) is 0.0523. The van der Waals surface area contributed by atoms with Crippen LogP contribution in [-0.2, 0) is 23.9 Å². The molecule has 6 nitrogen and oxygen atoms in total. The molecule has 0 aliphatic rings. The van der Waals surface area contributed by atoms with Gasteiger partial charge in [0, 0.05) is 19.3 Å². The van der Waals surface area contributed by atoms with Crippen LogP contribution >= 0.6 is 0 Å². The zero-order valence-electron chi connectivity index (χ0n) is 25.7. The van der Waals surface area contributed by atoms with Crippen LogP contribution < -0.4 is 0 Å². The van der Waals surface area contributed by atoms with Gasteiger partial charge in [-0.2, -0.15) is 8.42 Å². The maximum absolute atomic E-state index is 12.8. The smallest absolute Gasteiger partial charge is 0.266 e. The summed E-state index contributed by atoms with van der Waals surface area (Å²) in [5, 5.41) is 10.3. The van der Waals surface area contributed by atoms with Gasteiger partial charge in [0.25, 0.3) is 10.1 Å². The van der Waals surface area contributed by atoms with Crippen LogP contribution in [0.3, 0.4) is 0 Å². The summed E-state index contributed by atoms with van der Waals surface area (Å²) in [5.74, 6) is -1.52. The van der Waals surface area contributed by atoms with E-state index in [0.29, 0.717) is 12.8 Å². The second-order valence-corrected chi connectivity index (χ2v) is 13.2. The summed E-state index contributed by atoms with van der Waals surface area (Å²) in [4.78, 5) is 25.4. The number of Topliss-reactive ketones (excluding diaryl/α,β-unsaturated/α-hetero) is 2. The van der Waals surface area contributed by atoms with Gasteiger partial charge in [0.15, 0.2) is 6.29 Å². The van der Waals surface area contributed by atoms with Crippen LogP contribution in [0.5, 0.6) is 0 Å². The summed E-state index contributed by atoms with van der Waals surface area (Å²) >= 11 is 0. The molecule has 0 rings (SSSR count). The van der Waals surface area contributed by atoms with E-state index in [1.54, 1.807) is 0 Å². The standard InChI is InChI=1S/C32H62O6S/c1-4-6-8-10-12-14-16-18-20-22-24-26-29(33)28-30(32(35)38-39(3,36)37)31(34)27-25-23-21-19-17-15-13-11-9-7-5-2/h30,32,35H,4-28H2,1-3H3. The first-order chi connectivity index (χ1) is 18.7. The highest BCUT2D eigenvalue weighted by molar-refractivity contribution is 7.86. The van der Waals surface area contributed by atoms with E-state index in [1.807, 2.05) is 0 Å². The van der Waals surface area contributed by atoms with Gasteiger partial charge in [-0.05, 0) is 12.8 Å². The fourth-order valence-electron chi connectivity index (χ4n) is 5.10. The van der Waals surface area contributed by atoms with Gasteiger partial charge in [-0.25, -0.2) is 4.18 Å². The first-order valence-electron chi connectivity index (χ1n) is 16.3. The Labute approximate surface area is 241 Å². The average molecular weight is 575 g/mol. The van der Waals surface area contributed by atoms with Crippen molar-refractivity contribution in [1.29, 1.82) is 0 Å². The molecule has 39 heavy (non-hydrogen) atoms. The maximum Gasteiger partial charge on any atom is 0.266 e. The van der Waals surface area contributed by atoms with E-state index >= 15 is 0 Å². The molecule has 0 spiro atoms. The van der Waals surface area contributed by atoms with Gasteiger partial charge < -0.3 is 5.11 Å². The molecule has 0 aliphatic heterocycles. The lowest BCUT2D eigenvalue weighted by atomic mass is 9.91. The molecular formula is C32H62O6S. The van der Waals surface area contributed by atoms with Crippen molar-refractivity contribution < 1.29 is 27.3 Å². The Balaban J connectivity index is 4.24. The Bertz CT molecular complexity index is 691. The van der Waals surface area contributed by atoms with E-state index in [1.165, 1.54) is 96.3 Å². The highest BCUT2D eigenvalue weighted by atomic mass is 32.2. The van der Waals surface area contributed by atoms with Gasteiger partial charge in [-0.15, -0.1) is 0 Å². The van der Waals surface area contributed by atoms with Gasteiger partial charge in [0.1, 0.15) is 11.6 Å². The van der Waals surface area contributed by atoms with E-state index in [0.717, 1.165) is 44.8 Å². The number of carbonyl (C=O) groups is 2. The van der Waals surface area contributed by atoms with Crippen molar-refractivity contribution in [3.05, 3.63) is 0 Å². The molecule has 0 amide bonds. The largest absolute Gasteiger partial charge is 0.366 e. The molecule has 1 N–H and O–H groups in total. The number of hydrogen-bond donors (Lipinski definition) is 1. The molecule has 2 atom stereocenters. The van der Waals surface area contributed by atoms with Gasteiger partial charge in [-0.3, -0.25) is 9.59 Å². The lowest BCUT2D eigenvalue weighted by Crippen LogP contribution is -2.34. The molecule has 0 heterocycles. The predicted molar refractivity (Wildman–Crippen MR) is 162 cm³/mol. The number of rotatable bonds is 30. The summed E-state index contributed by atoms with van der Waals surface area (Å²) in [6.45, 7) is 4.46. The molecule has 0 saturated carbocycles. The molecule has 0 aliphatic carbocycles. The van der Waals surface area contributed by atoms with Gasteiger partial charge in [0.05, 0.1) is 12.2 Å². The Kier molecular flexibility index (Phi) is 25.6. The van der Waals surface area contributed by atoms with Gasteiger partial charge in [0.2, 0.25) is 0 Å². The molecular weight excluding hydrogens is 512 g/mol. The molecule has 0 radical (unpaired) electrons. The summed E-state index contributed by atoms with van der Waals surface area (Å²) in [6, 6.07) is 0. The van der Waals surface area contributed by atoms with Crippen molar-refractivity contribution in [2.24, 2.45) is 5.92 Å². The number of hydrogen-bond acceptors (Lipinski definition) is 6. The van der Waals surface area contributed by atoms with E-state index in [-0.39, 0.29) is 24.4 Å². The fraction of sp³-hybridized carbons (Fsp3) is 0.938. The minimum Gasteiger partial charge on any atom is -0.366 e. The minimum absolute atomic E-state index is 0.112. The van der Waals surface area contributed by atoms with E-state index in [4.69, 9.17) is 4.18 Å². The number of unbranched alkanes of at least 4 members (excludes halogenated alkanes) is 20. The lowest BCUT2D eigenvalue weighted by molar-refractivity contribution is -0.140. The van der Waals surface area contributed by atoms with Crippen molar-refractivity contribution in [3.63, 3.8) is 0 Å². The van der Waals surface area contributed by atoms with Crippen LogP contribution in [0.2, 0.25) is 0 Å². The molecule has 2 unspecified atom stereocenters. The molecule has 0 fully saturated rings. The second-order valence-electron chi connectivity index (χ2n) is 11.6. The lowest BCUT2D eigenvalue weighted by Gasteiger charge is -2.20. The summed E-state index contributed by atoms with van der Waals surface area (Å²) in [6.07, 6.45) is 25.4. The predicted octanol–water partition coefficient (Wildman–Crippen LogP) is 8.83. The van der Waals surface area contributed by atoms with Crippen LogP contribution in [-0.4, -0.2) is 37.6 Å². The number of aliphatic hydroxyl groups is 1. The molecule has 0 aromatic carbocycles. The zero-order valence-corrected chi connectivity index (χ0v) is 26.5. The maximum atomic E-state index is 12.8. The van der Waals surface area contributed by atoms with Gasteiger partial charge >= 0.3 is 0 Å². The first kappa shape index (κ1) is 38.2. The third kappa shape index (κ3) is 25.9. The summed E-state index contributed by atoms with van der Waals surface area (Å²) in [7, 11) is -3.94. The van der Waals surface area contributed by atoms with Crippen LogP contribution in [0.15, 0.2) is 0 Å². The van der Waals surface area contributed by atoms with Crippen LogP contribution in [0, 0.1) is 5.92 Å². The second kappa shape index (κ2) is 26.1. The van der Waals surface area contributed by atoms with Crippen LogP contribution in [0.4, 0.5) is 0 Å². The van der Waals surface area contributed by atoms with Crippen molar-refractivity contribution in [2.75, 3.05) is 6.26 Å². The molecule has 0 bridgehead atoms. The molecule has 0 saturated heterocycles. The van der Waals surface area contributed by atoms with E-state index < -0.39 is 22.3 Å². The molecule has 0 aromatic rings. The number of aliphatic hydroxyl groups excluding tert-OH is 1. The van der Waals surface area contributed by atoms with Crippen LogP contribution in [0.25, 0.3) is 0 Å². The summed E-state index contributed by atoms with van der Waals surface area (Å²) < 4.78 is 27.7.